The second kappa shape index (κ2) is 4.06. The number of benzene rings is 1. The summed E-state index contributed by atoms with van der Waals surface area (Å²) >= 11 is 0. The molecule has 2 aliphatic heterocycles. The summed E-state index contributed by atoms with van der Waals surface area (Å²) in [5.41, 5.74) is 5.38. The van der Waals surface area contributed by atoms with Crippen molar-refractivity contribution in [1.29, 1.82) is 0 Å². The van der Waals surface area contributed by atoms with Crippen LogP contribution in [0.2, 0.25) is 0 Å². The molecule has 2 heterocycles. The van der Waals surface area contributed by atoms with Crippen LogP contribution in [0.25, 0.3) is 0 Å². The van der Waals surface area contributed by atoms with Crippen molar-refractivity contribution in [2.24, 2.45) is 0 Å². The highest BCUT2D eigenvalue weighted by atomic mass is 16.6. The van der Waals surface area contributed by atoms with Crippen molar-refractivity contribution in [3.05, 3.63) is 47.7 Å². The molecule has 3 atom stereocenters. The van der Waals surface area contributed by atoms with Gasteiger partial charge in [-0.25, -0.2) is 0 Å². The lowest BCUT2D eigenvalue weighted by molar-refractivity contribution is 0.0519. The molecule has 0 saturated carbocycles. The molecule has 1 fully saturated rings. The Labute approximate surface area is 102 Å². The van der Waals surface area contributed by atoms with E-state index >= 15 is 0 Å². The van der Waals surface area contributed by atoms with E-state index in [1.165, 1.54) is 11.1 Å². The lowest BCUT2D eigenvalue weighted by atomic mass is 9.98. The highest BCUT2D eigenvalue weighted by Gasteiger charge is 2.44. The fourth-order valence-corrected chi connectivity index (χ4v) is 2.77. The summed E-state index contributed by atoms with van der Waals surface area (Å²) in [4.78, 5) is 0. The van der Waals surface area contributed by atoms with E-state index in [1.54, 1.807) is 0 Å². The van der Waals surface area contributed by atoms with Gasteiger partial charge in [0.15, 0.2) is 0 Å². The quantitative estimate of drug-likeness (QED) is 0.724. The van der Waals surface area contributed by atoms with E-state index in [4.69, 9.17) is 9.47 Å². The van der Waals surface area contributed by atoms with Gasteiger partial charge >= 0.3 is 0 Å². The maximum absolute atomic E-state index is 6.01. The first kappa shape index (κ1) is 10.6. The van der Waals surface area contributed by atoms with Crippen molar-refractivity contribution >= 4 is 0 Å². The Balaban J connectivity index is 1.96. The summed E-state index contributed by atoms with van der Waals surface area (Å²) in [5.74, 6) is 1.00. The van der Waals surface area contributed by atoms with E-state index in [1.807, 2.05) is 12.1 Å². The van der Waals surface area contributed by atoms with Crippen LogP contribution in [0.4, 0.5) is 0 Å². The van der Waals surface area contributed by atoms with E-state index < -0.39 is 0 Å². The summed E-state index contributed by atoms with van der Waals surface area (Å²) in [6, 6.07) is 6.25. The van der Waals surface area contributed by atoms with Gasteiger partial charge in [0.2, 0.25) is 0 Å². The van der Waals surface area contributed by atoms with Crippen LogP contribution in [0.1, 0.15) is 30.6 Å². The molecule has 0 aromatic heterocycles. The molecule has 0 radical (unpaired) electrons. The van der Waals surface area contributed by atoms with Crippen LogP contribution in [0.5, 0.6) is 5.75 Å². The molecule has 0 bridgehead atoms. The number of fused-ring (bicyclic) bond motifs is 3. The minimum absolute atomic E-state index is 0.0933. The summed E-state index contributed by atoms with van der Waals surface area (Å²) in [6.07, 6.45) is 4.14. The van der Waals surface area contributed by atoms with Crippen LogP contribution in [0.3, 0.4) is 0 Å². The van der Waals surface area contributed by atoms with Gasteiger partial charge < -0.3 is 9.47 Å². The summed E-state index contributed by atoms with van der Waals surface area (Å²) in [5, 5.41) is 0. The first-order chi connectivity index (χ1) is 8.33. The molecule has 0 spiro atoms. The second-order valence-corrected chi connectivity index (χ2v) is 4.54. The predicted octanol–water partition coefficient (Wildman–Crippen LogP) is 3.18. The first-order valence-electron chi connectivity index (χ1n) is 6.13. The van der Waals surface area contributed by atoms with Gasteiger partial charge in [-0.2, -0.15) is 0 Å². The van der Waals surface area contributed by atoms with Gasteiger partial charge in [-0.3, -0.25) is 0 Å². The maximum Gasteiger partial charge on any atom is 0.132 e. The molecule has 0 N–H and O–H groups in total. The Bertz CT molecular complexity index is 486. The second-order valence-electron chi connectivity index (χ2n) is 4.54. The molecule has 88 valence electrons. The molecule has 17 heavy (non-hydrogen) atoms. The Morgan fingerprint density at radius 3 is 3.18 bits per heavy atom. The Morgan fingerprint density at radius 1 is 1.53 bits per heavy atom. The van der Waals surface area contributed by atoms with E-state index in [0.29, 0.717) is 0 Å². The topological polar surface area (TPSA) is 18.5 Å². The maximum atomic E-state index is 6.01. The fraction of sp³-hybridized carbons (Fsp3) is 0.400. The summed E-state index contributed by atoms with van der Waals surface area (Å²) in [7, 11) is 0. The van der Waals surface area contributed by atoms with Crippen molar-refractivity contribution in [2.45, 2.75) is 38.1 Å². The molecule has 3 rings (SSSR count). The van der Waals surface area contributed by atoms with Gasteiger partial charge in [-0.1, -0.05) is 25.6 Å². The average molecular weight is 228 g/mol. The molecular formula is C15H16O2. The lowest BCUT2D eigenvalue weighted by Gasteiger charge is -2.11. The van der Waals surface area contributed by atoms with Crippen molar-refractivity contribution in [3.63, 3.8) is 0 Å². The van der Waals surface area contributed by atoms with Gasteiger partial charge in [-0.15, -0.1) is 5.73 Å². The van der Waals surface area contributed by atoms with Gasteiger partial charge in [0, 0.05) is 12.0 Å². The molecule has 2 heteroatoms. The van der Waals surface area contributed by atoms with Crippen LogP contribution in [-0.4, -0.2) is 12.2 Å². The molecular weight excluding hydrogens is 212 g/mol. The largest absolute Gasteiger partial charge is 0.487 e. The van der Waals surface area contributed by atoms with E-state index in [0.717, 1.165) is 18.6 Å². The normalized spacial score (nSPS) is 29.1. The van der Waals surface area contributed by atoms with Gasteiger partial charge in [-0.05, 0) is 24.1 Å². The van der Waals surface area contributed by atoms with Gasteiger partial charge in [0.05, 0.1) is 6.10 Å². The highest BCUT2D eigenvalue weighted by molar-refractivity contribution is 5.46. The monoisotopic (exact) mass is 228 g/mol. The molecule has 0 unspecified atom stereocenters. The van der Waals surface area contributed by atoms with Crippen molar-refractivity contribution < 1.29 is 9.47 Å². The number of aryl methyl sites for hydroxylation is 1. The standard InChI is InChI=1S/C15H16O2/c1-3-6-11-9-13-15(16-11)14-10(4-2)7-5-8-12(14)17-13/h5-8,11,13,15H,1,4,9H2,2H3/t11-,13-,15+/m1/s1. The molecule has 2 aliphatic rings. The third-order valence-electron chi connectivity index (χ3n) is 3.53. The highest BCUT2D eigenvalue weighted by Crippen LogP contribution is 2.47. The van der Waals surface area contributed by atoms with Crippen LogP contribution in [0, 0.1) is 0 Å². The number of hydrogen-bond acceptors (Lipinski definition) is 2. The van der Waals surface area contributed by atoms with Crippen LogP contribution in [-0.2, 0) is 11.2 Å². The molecule has 2 nitrogen and oxygen atoms in total. The minimum Gasteiger partial charge on any atom is -0.487 e. The van der Waals surface area contributed by atoms with Crippen molar-refractivity contribution in [3.8, 4) is 5.75 Å². The SMILES string of the molecule is C=C=C[C@@H]1C[C@H]2Oc3cccc(CC)c3[C@H]2O1. The third-order valence-corrected chi connectivity index (χ3v) is 3.53. The molecule has 1 saturated heterocycles. The van der Waals surface area contributed by atoms with Crippen LogP contribution < -0.4 is 4.74 Å². The molecule has 0 amide bonds. The Morgan fingerprint density at radius 2 is 2.41 bits per heavy atom. The van der Waals surface area contributed by atoms with Crippen molar-refractivity contribution in [2.75, 3.05) is 0 Å². The van der Waals surface area contributed by atoms with Crippen LogP contribution >= 0.6 is 0 Å². The zero-order chi connectivity index (χ0) is 11.8. The van der Waals surface area contributed by atoms with Gasteiger partial charge in [0.25, 0.3) is 0 Å². The third kappa shape index (κ3) is 1.61. The van der Waals surface area contributed by atoms with Crippen molar-refractivity contribution in [1.82, 2.24) is 0 Å². The fourth-order valence-electron chi connectivity index (χ4n) is 2.77. The number of hydrogen-bond donors (Lipinski definition) is 0. The molecule has 0 aliphatic carbocycles. The Hall–Kier alpha value is -1.50. The predicted molar refractivity (Wildman–Crippen MR) is 66.2 cm³/mol. The molecule has 1 aromatic carbocycles. The average Bonchev–Trinajstić information content (AvgIpc) is 2.85. The van der Waals surface area contributed by atoms with E-state index in [9.17, 15) is 0 Å². The van der Waals surface area contributed by atoms with Gasteiger partial charge in [0.1, 0.15) is 18.0 Å². The first-order valence-corrected chi connectivity index (χ1v) is 6.13. The smallest absolute Gasteiger partial charge is 0.132 e. The zero-order valence-electron chi connectivity index (χ0n) is 9.98. The molecule has 1 aromatic rings. The number of ether oxygens (including phenoxy) is 2. The summed E-state index contributed by atoms with van der Waals surface area (Å²) in [6.45, 7) is 5.76. The summed E-state index contributed by atoms with van der Waals surface area (Å²) < 4.78 is 12.0. The number of rotatable bonds is 2. The zero-order valence-corrected chi connectivity index (χ0v) is 9.98. The lowest BCUT2D eigenvalue weighted by Crippen LogP contribution is -2.12. The van der Waals surface area contributed by atoms with Crippen LogP contribution in [0.15, 0.2) is 36.6 Å². The van der Waals surface area contributed by atoms with E-state index in [-0.39, 0.29) is 18.3 Å². The minimum atomic E-state index is 0.0933. The Kier molecular flexibility index (Phi) is 2.54. The van der Waals surface area contributed by atoms with E-state index in [2.05, 4.69) is 31.4 Å².